The molecule has 0 radical (unpaired) electrons. The highest BCUT2D eigenvalue weighted by atomic mass is 32.1. The minimum absolute atomic E-state index is 0.176. The van der Waals surface area contributed by atoms with Gasteiger partial charge < -0.3 is 9.64 Å². The molecule has 0 bridgehead atoms. The Hall–Kier alpha value is -1.99. The zero-order chi connectivity index (χ0) is 19.5. The number of amides is 1. The number of carbonyl (C=O) groups is 1. The molecule has 3 heterocycles. The van der Waals surface area contributed by atoms with E-state index in [1.54, 1.807) is 7.11 Å². The van der Waals surface area contributed by atoms with E-state index in [0.29, 0.717) is 19.0 Å². The van der Waals surface area contributed by atoms with Gasteiger partial charge in [0.25, 0.3) is 0 Å². The molecule has 0 N–H and O–H groups in total. The molecule has 0 spiro atoms. The van der Waals surface area contributed by atoms with Crippen LogP contribution in [0.15, 0.2) is 29.6 Å². The van der Waals surface area contributed by atoms with Gasteiger partial charge in [0, 0.05) is 36.9 Å². The summed E-state index contributed by atoms with van der Waals surface area (Å²) in [6, 6.07) is 8.18. The lowest BCUT2D eigenvalue weighted by molar-refractivity contribution is -0.131. The molecule has 28 heavy (non-hydrogen) atoms. The lowest BCUT2D eigenvalue weighted by Crippen LogP contribution is -2.43. The third-order valence-electron chi connectivity index (χ3n) is 6.05. The monoisotopic (exact) mass is 400 g/mol. The van der Waals surface area contributed by atoms with E-state index in [1.165, 1.54) is 29.9 Å². The summed E-state index contributed by atoms with van der Waals surface area (Å²) in [6.07, 6.45) is 2.46. The average Bonchev–Trinajstić information content (AvgIpc) is 3.37. The van der Waals surface area contributed by atoms with Crippen LogP contribution < -0.4 is 4.74 Å². The van der Waals surface area contributed by atoms with E-state index in [9.17, 15) is 4.79 Å². The molecule has 1 amide bonds. The highest BCUT2D eigenvalue weighted by molar-refractivity contribution is 7.03. The van der Waals surface area contributed by atoms with Crippen molar-refractivity contribution in [2.45, 2.75) is 31.6 Å². The number of nitrogens with zero attached hydrogens (tertiary/aromatic N) is 4. The first-order valence-electron chi connectivity index (χ1n) is 10.0. The Balaban J connectivity index is 1.51. The largest absolute Gasteiger partial charge is 0.497 e. The van der Waals surface area contributed by atoms with Crippen molar-refractivity contribution in [1.82, 2.24) is 19.4 Å². The zero-order valence-corrected chi connectivity index (χ0v) is 17.4. The second-order valence-corrected chi connectivity index (χ2v) is 8.71. The molecule has 2 fully saturated rings. The molecule has 1 aromatic heterocycles. The minimum atomic E-state index is 0.176. The number of methoxy groups -OCH3 is 1. The summed E-state index contributed by atoms with van der Waals surface area (Å²) in [6.45, 7) is 6.28. The maximum Gasteiger partial charge on any atom is 0.236 e. The molecule has 2 aliphatic heterocycles. The number of hydrogen-bond acceptors (Lipinski definition) is 6. The van der Waals surface area contributed by atoms with Crippen LogP contribution in [0.1, 0.15) is 42.9 Å². The van der Waals surface area contributed by atoms with Gasteiger partial charge in [0.1, 0.15) is 5.75 Å². The van der Waals surface area contributed by atoms with Crippen LogP contribution >= 0.6 is 11.5 Å². The van der Waals surface area contributed by atoms with Crippen LogP contribution in [0.2, 0.25) is 0 Å². The maximum atomic E-state index is 13.1. The van der Waals surface area contributed by atoms with Gasteiger partial charge in [-0.2, -0.15) is 0 Å². The number of hydrogen-bond donors (Lipinski definition) is 0. The number of aromatic nitrogens is 2. The van der Waals surface area contributed by atoms with Crippen molar-refractivity contribution >= 4 is 17.4 Å². The molecule has 150 valence electrons. The van der Waals surface area contributed by atoms with Crippen molar-refractivity contribution in [3.8, 4) is 5.75 Å². The molecule has 1 unspecified atom stereocenters. The van der Waals surface area contributed by atoms with Crippen molar-refractivity contribution < 1.29 is 9.53 Å². The maximum absolute atomic E-state index is 13.1. The predicted molar refractivity (Wildman–Crippen MR) is 110 cm³/mol. The SMILES string of the molecule is COc1cccc([C@@H]2CN(C(=O)CN3CCCC(C)C3)C[C@H]2c2csnn2)c1. The Labute approximate surface area is 170 Å². The number of ether oxygens (including phenoxy) is 1. The van der Waals surface area contributed by atoms with Gasteiger partial charge in [-0.3, -0.25) is 9.69 Å². The molecule has 0 aliphatic carbocycles. The van der Waals surface area contributed by atoms with Crippen LogP contribution in [-0.4, -0.2) is 65.1 Å². The molecular weight excluding hydrogens is 372 g/mol. The zero-order valence-electron chi connectivity index (χ0n) is 16.6. The third kappa shape index (κ3) is 4.20. The molecule has 2 aliphatic rings. The summed E-state index contributed by atoms with van der Waals surface area (Å²) in [7, 11) is 1.69. The highest BCUT2D eigenvalue weighted by Crippen LogP contribution is 2.40. The quantitative estimate of drug-likeness (QED) is 0.772. The fourth-order valence-electron chi connectivity index (χ4n) is 4.57. The first-order chi connectivity index (χ1) is 13.6. The molecule has 2 aromatic rings. The standard InChI is InChI=1S/C21H28N4O2S/c1-15-5-4-8-24(10-15)13-21(26)25-11-18(16-6-3-7-17(9-16)27-2)19(12-25)20-14-28-23-22-20/h3,6-7,9,14-15,18-19H,4-5,8,10-13H2,1-2H3/t15?,18-,19+/m0/s1. The normalized spacial score (nSPS) is 25.8. The Morgan fingerprint density at radius 1 is 1.29 bits per heavy atom. The van der Waals surface area contributed by atoms with Gasteiger partial charge in [0.05, 0.1) is 19.3 Å². The van der Waals surface area contributed by atoms with Crippen molar-refractivity contribution in [3.63, 3.8) is 0 Å². The van der Waals surface area contributed by atoms with E-state index >= 15 is 0 Å². The summed E-state index contributed by atoms with van der Waals surface area (Å²) in [5, 5.41) is 6.34. The van der Waals surface area contributed by atoms with Crippen LogP contribution in [0.5, 0.6) is 5.75 Å². The summed E-state index contributed by atoms with van der Waals surface area (Å²) >= 11 is 1.37. The Morgan fingerprint density at radius 2 is 2.14 bits per heavy atom. The second kappa shape index (κ2) is 8.57. The van der Waals surface area contributed by atoms with Crippen LogP contribution in [0.25, 0.3) is 0 Å². The van der Waals surface area contributed by atoms with E-state index in [1.807, 2.05) is 22.4 Å². The number of piperidine rings is 1. The number of likely N-dealkylation sites (tertiary alicyclic amines) is 2. The van der Waals surface area contributed by atoms with Gasteiger partial charge in [-0.05, 0) is 54.5 Å². The molecule has 2 saturated heterocycles. The van der Waals surface area contributed by atoms with Gasteiger partial charge >= 0.3 is 0 Å². The molecule has 7 heteroatoms. The fraction of sp³-hybridized carbons (Fsp3) is 0.571. The van der Waals surface area contributed by atoms with Crippen molar-refractivity contribution in [2.75, 3.05) is 39.8 Å². The fourth-order valence-corrected chi connectivity index (χ4v) is 5.09. The highest BCUT2D eigenvalue weighted by Gasteiger charge is 2.39. The van der Waals surface area contributed by atoms with E-state index in [0.717, 1.165) is 31.1 Å². The lowest BCUT2D eigenvalue weighted by Gasteiger charge is -2.31. The predicted octanol–water partition coefficient (Wildman–Crippen LogP) is 2.99. The van der Waals surface area contributed by atoms with Gasteiger partial charge in [0.15, 0.2) is 0 Å². The van der Waals surface area contributed by atoms with Gasteiger partial charge in [0.2, 0.25) is 5.91 Å². The number of rotatable bonds is 5. The van der Waals surface area contributed by atoms with Crippen LogP contribution in [0, 0.1) is 5.92 Å². The van der Waals surface area contributed by atoms with E-state index < -0.39 is 0 Å². The van der Waals surface area contributed by atoms with Crippen LogP contribution in [0.3, 0.4) is 0 Å². The van der Waals surface area contributed by atoms with E-state index in [4.69, 9.17) is 4.74 Å². The lowest BCUT2D eigenvalue weighted by atomic mass is 9.87. The summed E-state index contributed by atoms with van der Waals surface area (Å²) < 4.78 is 9.47. The molecular formula is C21H28N4O2S. The molecule has 4 rings (SSSR count). The molecule has 0 saturated carbocycles. The second-order valence-electron chi connectivity index (χ2n) is 8.10. The van der Waals surface area contributed by atoms with Crippen molar-refractivity contribution in [1.29, 1.82) is 0 Å². The first-order valence-corrected chi connectivity index (χ1v) is 10.9. The topological polar surface area (TPSA) is 58.6 Å². The van der Waals surface area contributed by atoms with Crippen molar-refractivity contribution in [2.24, 2.45) is 5.92 Å². The minimum Gasteiger partial charge on any atom is -0.497 e. The van der Waals surface area contributed by atoms with Gasteiger partial charge in [-0.15, -0.1) is 5.10 Å². The molecule has 6 nitrogen and oxygen atoms in total. The number of carbonyl (C=O) groups excluding carboxylic acids is 1. The Kier molecular flexibility index (Phi) is 5.92. The number of benzene rings is 1. The summed E-state index contributed by atoms with van der Waals surface area (Å²) in [5.41, 5.74) is 2.18. The van der Waals surface area contributed by atoms with Crippen LogP contribution in [0.4, 0.5) is 0 Å². The summed E-state index contributed by atoms with van der Waals surface area (Å²) in [4.78, 5) is 17.4. The Bertz CT molecular complexity index is 797. The Morgan fingerprint density at radius 3 is 2.89 bits per heavy atom. The smallest absolute Gasteiger partial charge is 0.236 e. The first kappa shape index (κ1) is 19.3. The average molecular weight is 401 g/mol. The van der Waals surface area contributed by atoms with Gasteiger partial charge in [-0.1, -0.05) is 23.5 Å². The van der Waals surface area contributed by atoms with E-state index in [2.05, 4.69) is 33.5 Å². The van der Waals surface area contributed by atoms with E-state index in [-0.39, 0.29) is 17.7 Å². The molecule has 3 atom stereocenters. The summed E-state index contributed by atoms with van der Waals surface area (Å²) in [5.74, 6) is 2.14. The van der Waals surface area contributed by atoms with Crippen molar-refractivity contribution in [3.05, 3.63) is 40.9 Å². The third-order valence-corrected chi connectivity index (χ3v) is 6.57. The van der Waals surface area contributed by atoms with Crippen LogP contribution in [-0.2, 0) is 4.79 Å². The van der Waals surface area contributed by atoms with Gasteiger partial charge in [-0.25, -0.2) is 0 Å². The molecule has 1 aromatic carbocycles.